The molecule has 0 amide bonds. The molecule has 0 aliphatic heterocycles. The zero-order valence-electron chi connectivity index (χ0n) is 17.3. The van der Waals surface area contributed by atoms with Gasteiger partial charge in [0.2, 0.25) is 0 Å². The smallest absolute Gasteiger partial charge is 0.460 e. The third-order valence-corrected chi connectivity index (χ3v) is 4.69. The number of esters is 1. The standard InChI is InChI=1S/C16H18F15NO2/c1-4-32(5-2)8(7-9(33)34-6-3)10(17,18)11(19,20)12(21,22)13(23,24)14(25,26)15(27,28)16(29,30)31/h8H,4-7H2,1-3H3. The minimum Gasteiger partial charge on any atom is -0.466 e. The van der Waals surface area contributed by atoms with Crippen LogP contribution in [-0.4, -0.2) is 78.3 Å². The van der Waals surface area contributed by atoms with Crippen molar-refractivity contribution in [1.29, 1.82) is 0 Å². The van der Waals surface area contributed by atoms with E-state index in [0.29, 0.717) is 0 Å². The first-order valence-electron chi connectivity index (χ1n) is 9.09. The second-order valence-electron chi connectivity index (χ2n) is 6.74. The Labute approximate surface area is 182 Å². The van der Waals surface area contributed by atoms with E-state index in [9.17, 15) is 70.7 Å². The third-order valence-electron chi connectivity index (χ3n) is 4.69. The second-order valence-corrected chi connectivity index (χ2v) is 6.74. The van der Waals surface area contributed by atoms with Crippen molar-refractivity contribution in [1.82, 2.24) is 4.90 Å². The summed E-state index contributed by atoms with van der Waals surface area (Å²) in [7, 11) is 0. The number of ether oxygens (including phenoxy) is 1. The summed E-state index contributed by atoms with van der Waals surface area (Å²) in [6.45, 7) is 0.946. The predicted octanol–water partition coefficient (Wildman–Crippen LogP) is 6.02. The van der Waals surface area contributed by atoms with Gasteiger partial charge in [-0.2, -0.15) is 65.9 Å². The van der Waals surface area contributed by atoms with Crippen LogP contribution in [0.3, 0.4) is 0 Å². The molecule has 0 heterocycles. The molecule has 1 unspecified atom stereocenters. The summed E-state index contributed by atoms with van der Waals surface area (Å²) < 4.78 is 206. The van der Waals surface area contributed by atoms with Crippen LogP contribution in [0.2, 0.25) is 0 Å². The van der Waals surface area contributed by atoms with Crippen LogP contribution in [0.25, 0.3) is 0 Å². The first-order valence-corrected chi connectivity index (χ1v) is 9.09. The number of carbonyl (C=O) groups is 1. The van der Waals surface area contributed by atoms with Crippen molar-refractivity contribution in [2.24, 2.45) is 0 Å². The normalized spacial score (nSPS) is 16.1. The maximum atomic E-state index is 14.6. The van der Waals surface area contributed by atoms with E-state index in [1.165, 1.54) is 0 Å². The summed E-state index contributed by atoms with van der Waals surface area (Å²) in [6.07, 6.45) is -9.56. The van der Waals surface area contributed by atoms with E-state index in [-0.39, 0.29) is 4.90 Å². The fourth-order valence-corrected chi connectivity index (χ4v) is 2.72. The molecular weight excluding hydrogens is 523 g/mol. The molecule has 0 radical (unpaired) electrons. The highest BCUT2D eigenvalue weighted by Gasteiger charge is 2.93. The topological polar surface area (TPSA) is 29.5 Å². The van der Waals surface area contributed by atoms with Crippen LogP contribution in [0.4, 0.5) is 65.9 Å². The zero-order chi connectivity index (χ0) is 27.8. The molecule has 0 aliphatic rings. The molecule has 0 aliphatic carbocycles. The van der Waals surface area contributed by atoms with E-state index >= 15 is 0 Å². The molecular formula is C16H18F15NO2. The maximum Gasteiger partial charge on any atom is 0.460 e. The van der Waals surface area contributed by atoms with Crippen LogP contribution in [0.1, 0.15) is 27.2 Å². The first-order chi connectivity index (χ1) is 14.9. The van der Waals surface area contributed by atoms with E-state index in [0.717, 1.165) is 20.8 Å². The predicted molar refractivity (Wildman–Crippen MR) is 83.7 cm³/mol. The van der Waals surface area contributed by atoms with Crippen molar-refractivity contribution in [2.75, 3.05) is 19.7 Å². The van der Waals surface area contributed by atoms with Gasteiger partial charge < -0.3 is 4.74 Å². The van der Waals surface area contributed by atoms with Gasteiger partial charge in [-0.3, -0.25) is 9.69 Å². The van der Waals surface area contributed by atoms with Crippen LogP contribution in [0, 0.1) is 0 Å². The Kier molecular flexibility index (Phi) is 9.33. The van der Waals surface area contributed by atoms with E-state index in [2.05, 4.69) is 4.74 Å². The minimum atomic E-state index is -8.37. The Morgan fingerprint density at radius 3 is 1.32 bits per heavy atom. The fraction of sp³-hybridized carbons (Fsp3) is 0.938. The summed E-state index contributed by atoms with van der Waals surface area (Å²) in [5, 5.41) is 0. The zero-order valence-corrected chi connectivity index (χ0v) is 17.3. The van der Waals surface area contributed by atoms with E-state index in [1.54, 1.807) is 0 Å². The molecule has 18 heteroatoms. The number of hydrogen-bond acceptors (Lipinski definition) is 3. The highest BCUT2D eigenvalue weighted by Crippen LogP contribution is 2.63. The molecule has 0 aromatic heterocycles. The molecule has 34 heavy (non-hydrogen) atoms. The van der Waals surface area contributed by atoms with Crippen LogP contribution in [0.5, 0.6) is 0 Å². The van der Waals surface area contributed by atoms with Gasteiger partial charge in [0.05, 0.1) is 19.1 Å². The molecule has 0 fully saturated rings. The maximum absolute atomic E-state index is 14.6. The molecule has 0 saturated heterocycles. The largest absolute Gasteiger partial charge is 0.466 e. The van der Waals surface area contributed by atoms with Crippen molar-refractivity contribution >= 4 is 5.97 Å². The summed E-state index contributed by atoms with van der Waals surface area (Å²) in [5.74, 6) is -48.9. The molecule has 0 N–H and O–H groups in total. The lowest BCUT2D eigenvalue weighted by atomic mass is 9.87. The highest BCUT2D eigenvalue weighted by molar-refractivity contribution is 5.70. The van der Waals surface area contributed by atoms with Gasteiger partial charge >= 0.3 is 47.7 Å². The number of hydrogen-bond donors (Lipinski definition) is 0. The molecule has 204 valence electrons. The summed E-state index contributed by atoms with van der Waals surface area (Å²) in [5.41, 5.74) is 0. The average Bonchev–Trinajstić information content (AvgIpc) is 2.66. The third kappa shape index (κ3) is 4.87. The molecule has 0 aromatic carbocycles. The monoisotopic (exact) mass is 541 g/mol. The Morgan fingerprint density at radius 1 is 0.647 bits per heavy atom. The van der Waals surface area contributed by atoms with E-state index in [1.807, 2.05) is 0 Å². The average molecular weight is 541 g/mol. The van der Waals surface area contributed by atoms with Gasteiger partial charge in [0, 0.05) is 0 Å². The summed E-state index contributed by atoms with van der Waals surface area (Å²) in [4.78, 5) is 11.6. The Bertz CT molecular complexity index is 701. The van der Waals surface area contributed by atoms with Crippen molar-refractivity contribution in [3.05, 3.63) is 0 Å². The van der Waals surface area contributed by atoms with Gasteiger partial charge in [0.25, 0.3) is 0 Å². The number of alkyl halides is 15. The molecule has 3 nitrogen and oxygen atoms in total. The molecule has 0 bridgehead atoms. The number of halogens is 15. The first kappa shape index (κ1) is 32.4. The van der Waals surface area contributed by atoms with Gasteiger partial charge in [-0.25, -0.2) is 0 Å². The lowest BCUT2D eigenvalue weighted by Gasteiger charge is -2.44. The fourth-order valence-electron chi connectivity index (χ4n) is 2.72. The second kappa shape index (κ2) is 9.79. The summed E-state index contributed by atoms with van der Waals surface area (Å²) >= 11 is 0. The van der Waals surface area contributed by atoms with E-state index in [4.69, 9.17) is 0 Å². The SMILES string of the molecule is CCOC(=O)CC(N(CC)CC)C(F)(F)C(F)(F)C(F)(F)C(F)(F)C(F)(F)C(F)(F)C(F)(F)F. The summed E-state index contributed by atoms with van der Waals surface area (Å²) in [6, 6.07) is -3.45. The van der Waals surface area contributed by atoms with Crippen molar-refractivity contribution in [3.63, 3.8) is 0 Å². The Hall–Kier alpha value is -1.62. The lowest BCUT2D eigenvalue weighted by molar-refractivity contribution is -0.454. The highest BCUT2D eigenvalue weighted by atomic mass is 19.4. The molecule has 0 saturated carbocycles. The van der Waals surface area contributed by atoms with Gasteiger partial charge in [-0.1, -0.05) is 13.8 Å². The number of nitrogens with zero attached hydrogens (tertiary/aromatic N) is 1. The van der Waals surface area contributed by atoms with Gasteiger partial charge in [0.15, 0.2) is 0 Å². The van der Waals surface area contributed by atoms with Crippen molar-refractivity contribution < 1.29 is 75.4 Å². The molecule has 0 rings (SSSR count). The minimum absolute atomic E-state index is 0.140. The van der Waals surface area contributed by atoms with Crippen LogP contribution < -0.4 is 0 Å². The van der Waals surface area contributed by atoms with Crippen LogP contribution in [0.15, 0.2) is 0 Å². The number of carbonyl (C=O) groups excluding carboxylic acids is 1. The van der Waals surface area contributed by atoms with Gasteiger partial charge in [0.1, 0.15) is 0 Å². The number of rotatable bonds is 12. The van der Waals surface area contributed by atoms with Crippen molar-refractivity contribution in [2.45, 2.75) is 74.9 Å². The van der Waals surface area contributed by atoms with Crippen LogP contribution in [-0.2, 0) is 9.53 Å². The molecule has 0 spiro atoms. The van der Waals surface area contributed by atoms with E-state index < -0.39 is 79.8 Å². The molecule has 1 atom stereocenters. The lowest BCUT2D eigenvalue weighted by Crippen LogP contribution is -2.74. The van der Waals surface area contributed by atoms with Crippen LogP contribution >= 0.6 is 0 Å². The van der Waals surface area contributed by atoms with Gasteiger partial charge in [-0.05, 0) is 20.0 Å². The van der Waals surface area contributed by atoms with Gasteiger partial charge in [-0.15, -0.1) is 0 Å². The quantitative estimate of drug-likeness (QED) is 0.224. The Balaban J connectivity index is 6.83. The Morgan fingerprint density at radius 2 is 1.00 bits per heavy atom. The van der Waals surface area contributed by atoms with Crippen molar-refractivity contribution in [3.8, 4) is 0 Å². The molecule has 0 aromatic rings.